The molecular formula is C20H39IN4. The van der Waals surface area contributed by atoms with Gasteiger partial charge in [-0.2, -0.15) is 0 Å². The number of nitrogens with one attached hydrogen (secondary N) is 2. The molecule has 4 nitrogen and oxygen atoms in total. The molecule has 1 saturated heterocycles. The van der Waals surface area contributed by atoms with Crippen molar-refractivity contribution < 1.29 is 0 Å². The molecule has 2 N–H and O–H groups in total. The fraction of sp³-hybridized carbons (Fsp3) is 0.950. The average Bonchev–Trinajstić information content (AvgIpc) is 3.41. The van der Waals surface area contributed by atoms with Crippen LogP contribution in [-0.4, -0.2) is 49.1 Å². The zero-order valence-corrected chi connectivity index (χ0v) is 18.6. The average molecular weight is 462 g/mol. The summed E-state index contributed by atoms with van der Waals surface area (Å²) >= 11 is 0. The molecule has 25 heavy (non-hydrogen) atoms. The molecule has 0 aromatic heterocycles. The molecule has 0 spiro atoms. The van der Waals surface area contributed by atoms with Gasteiger partial charge in [0.1, 0.15) is 0 Å². The Morgan fingerprint density at radius 2 is 1.84 bits per heavy atom. The van der Waals surface area contributed by atoms with E-state index in [4.69, 9.17) is 4.99 Å². The molecule has 0 radical (unpaired) electrons. The number of aliphatic imine (C=N–C) groups is 1. The third-order valence-corrected chi connectivity index (χ3v) is 6.13. The molecule has 2 saturated carbocycles. The molecule has 0 aromatic rings. The second kappa shape index (κ2) is 11.0. The predicted molar refractivity (Wildman–Crippen MR) is 118 cm³/mol. The Kier molecular flexibility index (Phi) is 9.31. The molecule has 1 aliphatic heterocycles. The number of hydrogen-bond donors (Lipinski definition) is 2. The van der Waals surface area contributed by atoms with Crippen LogP contribution < -0.4 is 10.6 Å². The van der Waals surface area contributed by atoms with Crippen LogP contribution in [0.1, 0.15) is 71.6 Å². The van der Waals surface area contributed by atoms with Gasteiger partial charge in [-0.1, -0.05) is 26.2 Å². The highest BCUT2D eigenvalue weighted by molar-refractivity contribution is 14.0. The number of halogens is 1. The zero-order valence-electron chi connectivity index (χ0n) is 16.3. The van der Waals surface area contributed by atoms with Gasteiger partial charge in [0, 0.05) is 38.3 Å². The number of piperidine rings is 1. The van der Waals surface area contributed by atoms with Crippen LogP contribution in [0.5, 0.6) is 0 Å². The molecule has 3 aliphatic rings. The Labute approximate surface area is 172 Å². The maximum absolute atomic E-state index is 4.87. The minimum absolute atomic E-state index is 0. The zero-order chi connectivity index (χ0) is 16.8. The van der Waals surface area contributed by atoms with E-state index in [0.29, 0.717) is 6.04 Å². The van der Waals surface area contributed by atoms with Crippen molar-refractivity contribution in [1.29, 1.82) is 0 Å². The van der Waals surface area contributed by atoms with Crippen molar-refractivity contribution in [3.63, 3.8) is 0 Å². The molecule has 3 rings (SSSR count). The molecular weight excluding hydrogens is 423 g/mol. The summed E-state index contributed by atoms with van der Waals surface area (Å²) in [6.07, 6.45) is 12.4. The normalized spacial score (nSPS) is 29.1. The van der Waals surface area contributed by atoms with Gasteiger partial charge in [-0.15, -0.1) is 24.0 Å². The summed E-state index contributed by atoms with van der Waals surface area (Å²) in [5.74, 6) is 2.88. The Balaban J connectivity index is 0.00000225. The highest BCUT2D eigenvalue weighted by Crippen LogP contribution is 2.31. The summed E-state index contributed by atoms with van der Waals surface area (Å²) < 4.78 is 0. The lowest BCUT2D eigenvalue weighted by Crippen LogP contribution is -2.49. The molecule has 2 atom stereocenters. The summed E-state index contributed by atoms with van der Waals surface area (Å²) in [7, 11) is 0. The lowest BCUT2D eigenvalue weighted by molar-refractivity contribution is 0.197. The van der Waals surface area contributed by atoms with Gasteiger partial charge in [0.2, 0.25) is 0 Å². The second-order valence-corrected chi connectivity index (χ2v) is 8.37. The van der Waals surface area contributed by atoms with Crippen molar-refractivity contribution in [2.24, 2.45) is 16.8 Å². The fourth-order valence-electron chi connectivity index (χ4n) is 4.54. The topological polar surface area (TPSA) is 39.7 Å². The van der Waals surface area contributed by atoms with Gasteiger partial charge >= 0.3 is 0 Å². The van der Waals surface area contributed by atoms with Crippen molar-refractivity contribution in [3.8, 4) is 0 Å². The lowest BCUT2D eigenvalue weighted by Gasteiger charge is -2.33. The van der Waals surface area contributed by atoms with Crippen molar-refractivity contribution in [3.05, 3.63) is 0 Å². The SMILES string of the molecule is CCNC(=NCCC1CCCC(C)C1)NC1CCN(C2CC2)CC1.I. The summed E-state index contributed by atoms with van der Waals surface area (Å²) in [4.78, 5) is 7.56. The first-order valence-electron chi connectivity index (χ1n) is 10.5. The number of nitrogens with zero attached hydrogens (tertiary/aromatic N) is 2. The number of hydrogen-bond acceptors (Lipinski definition) is 2. The van der Waals surface area contributed by atoms with E-state index in [1.54, 1.807) is 0 Å². The van der Waals surface area contributed by atoms with Crippen molar-refractivity contribution >= 4 is 29.9 Å². The van der Waals surface area contributed by atoms with Crippen molar-refractivity contribution in [2.45, 2.75) is 83.7 Å². The minimum Gasteiger partial charge on any atom is -0.357 e. The minimum atomic E-state index is 0. The van der Waals surface area contributed by atoms with Crippen LogP contribution in [0.25, 0.3) is 0 Å². The van der Waals surface area contributed by atoms with E-state index in [9.17, 15) is 0 Å². The van der Waals surface area contributed by atoms with Crippen LogP contribution in [-0.2, 0) is 0 Å². The maximum Gasteiger partial charge on any atom is 0.191 e. The number of rotatable bonds is 6. The van der Waals surface area contributed by atoms with Gasteiger partial charge in [-0.05, 0) is 57.3 Å². The lowest BCUT2D eigenvalue weighted by atomic mass is 9.81. The monoisotopic (exact) mass is 462 g/mol. The summed E-state index contributed by atoms with van der Waals surface area (Å²) in [5, 5.41) is 7.14. The third-order valence-electron chi connectivity index (χ3n) is 6.13. The maximum atomic E-state index is 4.87. The standard InChI is InChI=1S/C20H38N4.HI/c1-3-21-20(22-12-9-17-6-4-5-16(2)15-17)23-18-10-13-24(14-11-18)19-7-8-19;/h16-19H,3-15H2,1-2H3,(H2,21,22,23);1H. The highest BCUT2D eigenvalue weighted by Gasteiger charge is 2.31. The smallest absolute Gasteiger partial charge is 0.191 e. The summed E-state index contributed by atoms with van der Waals surface area (Å²) in [6.45, 7) is 9.04. The largest absolute Gasteiger partial charge is 0.357 e. The Morgan fingerprint density at radius 1 is 1.08 bits per heavy atom. The first-order valence-corrected chi connectivity index (χ1v) is 10.5. The predicted octanol–water partition coefficient (Wildman–Crippen LogP) is 4.00. The molecule has 1 heterocycles. The van der Waals surface area contributed by atoms with Gasteiger partial charge in [0.15, 0.2) is 5.96 Å². The molecule has 0 bridgehead atoms. The number of likely N-dealkylation sites (tertiary alicyclic amines) is 1. The Morgan fingerprint density at radius 3 is 2.48 bits per heavy atom. The van der Waals surface area contributed by atoms with Crippen molar-refractivity contribution in [1.82, 2.24) is 15.5 Å². The van der Waals surface area contributed by atoms with E-state index < -0.39 is 0 Å². The number of guanidine groups is 1. The molecule has 0 amide bonds. The second-order valence-electron chi connectivity index (χ2n) is 8.37. The van der Waals surface area contributed by atoms with Gasteiger partial charge in [-0.3, -0.25) is 4.99 Å². The van der Waals surface area contributed by atoms with E-state index in [-0.39, 0.29) is 24.0 Å². The van der Waals surface area contributed by atoms with Gasteiger partial charge in [-0.25, -0.2) is 0 Å². The van der Waals surface area contributed by atoms with Crippen molar-refractivity contribution in [2.75, 3.05) is 26.2 Å². The van der Waals surface area contributed by atoms with Crippen LogP contribution in [0, 0.1) is 11.8 Å². The van der Waals surface area contributed by atoms with Gasteiger partial charge < -0.3 is 15.5 Å². The van der Waals surface area contributed by atoms with Crippen LogP contribution >= 0.6 is 24.0 Å². The van der Waals surface area contributed by atoms with Gasteiger partial charge in [0.05, 0.1) is 0 Å². The first-order chi connectivity index (χ1) is 11.7. The third kappa shape index (κ3) is 7.24. The molecule has 146 valence electrons. The van der Waals surface area contributed by atoms with Crippen LogP contribution in [0.15, 0.2) is 4.99 Å². The summed E-state index contributed by atoms with van der Waals surface area (Å²) in [5.41, 5.74) is 0. The summed E-state index contributed by atoms with van der Waals surface area (Å²) in [6, 6.07) is 1.53. The highest BCUT2D eigenvalue weighted by atomic mass is 127. The van der Waals surface area contributed by atoms with Crippen LogP contribution in [0.4, 0.5) is 0 Å². The van der Waals surface area contributed by atoms with Crippen LogP contribution in [0.3, 0.4) is 0 Å². The Hall–Kier alpha value is -0.0400. The van der Waals surface area contributed by atoms with E-state index in [2.05, 4.69) is 29.4 Å². The van der Waals surface area contributed by atoms with E-state index >= 15 is 0 Å². The van der Waals surface area contributed by atoms with Gasteiger partial charge in [0.25, 0.3) is 0 Å². The van der Waals surface area contributed by atoms with E-state index in [1.807, 2.05) is 0 Å². The molecule has 0 aromatic carbocycles. The van der Waals surface area contributed by atoms with E-state index in [0.717, 1.165) is 36.9 Å². The molecule has 3 fully saturated rings. The first kappa shape index (κ1) is 21.3. The Bertz CT molecular complexity index is 403. The molecule has 5 heteroatoms. The van der Waals surface area contributed by atoms with Crippen LogP contribution in [0.2, 0.25) is 0 Å². The molecule has 2 aliphatic carbocycles. The quantitative estimate of drug-likeness (QED) is 0.356. The fourth-order valence-corrected chi connectivity index (χ4v) is 4.54. The molecule has 2 unspecified atom stereocenters. The van der Waals surface area contributed by atoms with E-state index in [1.165, 1.54) is 70.9 Å².